The third-order valence-corrected chi connectivity index (χ3v) is 2.96. The van der Waals surface area contributed by atoms with Crippen molar-refractivity contribution < 1.29 is 14.4 Å². The van der Waals surface area contributed by atoms with Crippen LogP contribution in [0.5, 0.6) is 0 Å². The monoisotopic (exact) mass is 283 g/mol. The van der Waals surface area contributed by atoms with E-state index >= 15 is 0 Å². The average Bonchev–Trinajstić information content (AvgIpc) is 2.81. The molecule has 0 aromatic carbocycles. The summed E-state index contributed by atoms with van der Waals surface area (Å²) < 4.78 is 5.12. The van der Waals surface area contributed by atoms with Crippen LogP contribution >= 0.6 is 0 Å². The summed E-state index contributed by atoms with van der Waals surface area (Å²) in [6, 6.07) is 0.0611. The standard InChI is InChI=1S/C14H25N3O3/c1-9(2)14-15-12(20-16-14)6-7-13(19)17(10(3)4)8-11(5)18/h9-11,18H,6-8H2,1-5H3. The van der Waals surface area contributed by atoms with Crippen LogP contribution in [0.4, 0.5) is 0 Å². The van der Waals surface area contributed by atoms with Crippen LogP contribution in [0.3, 0.4) is 0 Å². The molecule has 0 spiro atoms. The van der Waals surface area contributed by atoms with Gasteiger partial charge in [0.1, 0.15) is 0 Å². The quantitative estimate of drug-likeness (QED) is 0.824. The number of hydrogen-bond donors (Lipinski definition) is 1. The first kappa shape index (κ1) is 16.6. The predicted molar refractivity (Wildman–Crippen MR) is 75.2 cm³/mol. The van der Waals surface area contributed by atoms with Crippen LogP contribution in [0.15, 0.2) is 4.52 Å². The fraction of sp³-hybridized carbons (Fsp3) is 0.786. The van der Waals surface area contributed by atoms with Crippen molar-refractivity contribution >= 4 is 5.91 Å². The highest BCUT2D eigenvalue weighted by Crippen LogP contribution is 2.12. The van der Waals surface area contributed by atoms with Crippen LogP contribution in [0.25, 0.3) is 0 Å². The predicted octanol–water partition coefficient (Wildman–Crippen LogP) is 1.74. The number of rotatable bonds is 7. The van der Waals surface area contributed by atoms with Gasteiger partial charge >= 0.3 is 0 Å². The molecule has 1 heterocycles. The summed E-state index contributed by atoms with van der Waals surface area (Å²) in [6.07, 6.45) is 0.212. The van der Waals surface area contributed by atoms with Gasteiger partial charge < -0.3 is 14.5 Å². The maximum absolute atomic E-state index is 12.2. The van der Waals surface area contributed by atoms with E-state index in [1.165, 1.54) is 0 Å². The topological polar surface area (TPSA) is 79.5 Å². The van der Waals surface area contributed by atoms with Crippen LogP contribution in [-0.2, 0) is 11.2 Å². The SMILES string of the molecule is CC(O)CN(C(=O)CCc1nc(C(C)C)no1)C(C)C. The highest BCUT2D eigenvalue weighted by Gasteiger charge is 2.19. The number of carbonyl (C=O) groups is 1. The Kier molecular flexibility index (Phi) is 6.13. The molecule has 6 nitrogen and oxygen atoms in total. The number of aromatic nitrogens is 2. The molecule has 0 saturated carbocycles. The largest absolute Gasteiger partial charge is 0.392 e. The molecular formula is C14H25N3O3. The van der Waals surface area contributed by atoms with Gasteiger partial charge in [0.2, 0.25) is 11.8 Å². The van der Waals surface area contributed by atoms with E-state index in [0.29, 0.717) is 31.1 Å². The van der Waals surface area contributed by atoms with Crippen molar-refractivity contribution in [2.24, 2.45) is 0 Å². The van der Waals surface area contributed by atoms with Gasteiger partial charge in [-0.05, 0) is 20.8 Å². The number of aryl methyl sites for hydroxylation is 1. The molecular weight excluding hydrogens is 258 g/mol. The van der Waals surface area contributed by atoms with Gasteiger partial charge in [0.15, 0.2) is 5.82 Å². The van der Waals surface area contributed by atoms with E-state index in [9.17, 15) is 9.90 Å². The minimum atomic E-state index is -0.530. The second-order valence-electron chi connectivity index (χ2n) is 5.69. The molecule has 1 unspecified atom stereocenters. The maximum atomic E-state index is 12.2. The number of nitrogens with zero attached hydrogens (tertiary/aromatic N) is 3. The van der Waals surface area contributed by atoms with E-state index in [-0.39, 0.29) is 17.9 Å². The zero-order chi connectivity index (χ0) is 15.3. The van der Waals surface area contributed by atoms with Crippen molar-refractivity contribution in [2.45, 2.75) is 65.5 Å². The molecule has 0 aliphatic heterocycles. The molecule has 1 amide bonds. The smallest absolute Gasteiger partial charge is 0.227 e. The van der Waals surface area contributed by atoms with Crippen LogP contribution in [0, 0.1) is 0 Å². The van der Waals surface area contributed by atoms with Crippen LogP contribution in [0.2, 0.25) is 0 Å². The van der Waals surface area contributed by atoms with Crippen molar-refractivity contribution in [2.75, 3.05) is 6.54 Å². The molecule has 1 atom stereocenters. The minimum Gasteiger partial charge on any atom is -0.392 e. The van der Waals surface area contributed by atoms with Gasteiger partial charge in [-0.2, -0.15) is 4.98 Å². The van der Waals surface area contributed by atoms with Crippen LogP contribution in [-0.4, -0.2) is 44.7 Å². The van der Waals surface area contributed by atoms with Crippen LogP contribution < -0.4 is 0 Å². The molecule has 20 heavy (non-hydrogen) atoms. The molecule has 0 bridgehead atoms. The average molecular weight is 283 g/mol. The lowest BCUT2D eigenvalue weighted by molar-refractivity contribution is -0.134. The van der Waals surface area contributed by atoms with Crippen molar-refractivity contribution in [1.29, 1.82) is 0 Å². The molecule has 1 rings (SSSR count). The molecule has 0 saturated heterocycles. The Morgan fingerprint density at radius 1 is 1.30 bits per heavy atom. The van der Waals surface area contributed by atoms with E-state index in [1.807, 2.05) is 27.7 Å². The first-order valence-electron chi connectivity index (χ1n) is 7.11. The molecule has 0 aliphatic rings. The van der Waals surface area contributed by atoms with Gasteiger partial charge in [0.25, 0.3) is 0 Å². The van der Waals surface area contributed by atoms with Gasteiger partial charge in [-0.3, -0.25) is 4.79 Å². The van der Waals surface area contributed by atoms with E-state index in [2.05, 4.69) is 10.1 Å². The third-order valence-electron chi connectivity index (χ3n) is 2.96. The molecule has 0 fully saturated rings. The molecule has 6 heteroatoms. The summed E-state index contributed by atoms with van der Waals surface area (Å²) in [5.74, 6) is 1.36. The summed E-state index contributed by atoms with van der Waals surface area (Å²) in [6.45, 7) is 9.87. The Morgan fingerprint density at radius 3 is 2.40 bits per heavy atom. The molecule has 114 valence electrons. The first-order chi connectivity index (χ1) is 9.31. The molecule has 1 aromatic heterocycles. The Labute approximate surface area is 120 Å². The maximum Gasteiger partial charge on any atom is 0.227 e. The highest BCUT2D eigenvalue weighted by atomic mass is 16.5. The fourth-order valence-corrected chi connectivity index (χ4v) is 1.85. The third kappa shape index (κ3) is 4.92. The number of hydrogen-bond acceptors (Lipinski definition) is 5. The van der Waals surface area contributed by atoms with E-state index in [1.54, 1.807) is 11.8 Å². The van der Waals surface area contributed by atoms with Gasteiger partial charge in [0.05, 0.1) is 6.10 Å². The van der Waals surface area contributed by atoms with E-state index in [0.717, 1.165) is 0 Å². The summed E-state index contributed by atoms with van der Waals surface area (Å²) in [4.78, 5) is 18.1. The number of aliphatic hydroxyl groups is 1. The zero-order valence-corrected chi connectivity index (χ0v) is 13.0. The highest BCUT2D eigenvalue weighted by molar-refractivity contribution is 5.76. The van der Waals surface area contributed by atoms with E-state index < -0.39 is 6.10 Å². The molecule has 0 aliphatic carbocycles. The Bertz CT molecular complexity index is 427. The zero-order valence-electron chi connectivity index (χ0n) is 13.0. The summed E-state index contributed by atoms with van der Waals surface area (Å²) in [5, 5.41) is 13.3. The van der Waals surface area contributed by atoms with E-state index in [4.69, 9.17) is 4.52 Å². The van der Waals surface area contributed by atoms with Gasteiger partial charge in [-0.1, -0.05) is 19.0 Å². The molecule has 1 N–H and O–H groups in total. The van der Waals surface area contributed by atoms with Crippen molar-refractivity contribution in [3.63, 3.8) is 0 Å². The van der Waals surface area contributed by atoms with Gasteiger partial charge in [-0.25, -0.2) is 0 Å². The van der Waals surface area contributed by atoms with Crippen molar-refractivity contribution in [3.8, 4) is 0 Å². The Morgan fingerprint density at radius 2 is 1.95 bits per heavy atom. The molecule has 1 aromatic rings. The number of aliphatic hydroxyl groups excluding tert-OH is 1. The lowest BCUT2D eigenvalue weighted by Gasteiger charge is -2.27. The number of carbonyl (C=O) groups excluding carboxylic acids is 1. The van der Waals surface area contributed by atoms with Crippen molar-refractivity contribution in [1.82, 2.24) is 15.0 Å². The number of amides is 1. The minimum absolute atomic E-state index is 0.00908. The van der Waals surface area contributed by atoms with Gasteiger partial charge in [-0.15, -0.1) is 0 Å². The lowest BCUT2D eigenvalue weighted by Crippen LogP contribution is -2.41. The lowest BCUT2D eigenvalue weighted by atomic mass is 10.2. The first-order valence-corrected chi connectivity index (χ1v) is 7.11. The second-order valence-corrected chi connectivity index (χ2v) is 5.69. The fourth-order valence-electron chi connectivity index (χ4n) is 1.85. The second kappa shape index (κ2) is 7.38. The van der Waals surface area contributed by atoms with Gasteiger partial charge in [0, 0.05) is 31.3 Å². The van der Waals surface area contributed by atoms with Crippen molar-refractivity contribution in [3.05, 3.63) is 11.7 Å². The van der Waals surface area contributed by atoms with Crippen LogP contribution in [0.1, 0.15) is 58.7 Å². The summed E-state index contributed by atoms with van der Waals surface area (Å²) in [5.41, 5.74) is 0. The Hall–Kier alpha value is -1.43. The molecule has 0 radical (unpaired) electrons. The summed E-state index contributed by atoms with van der Waals surface area (Å²) in [7, 11) is 0. The normalized spacial score (nSPS) is 13.0. The Balaban J connectivity index is 2.55. The summed E-state index contributed by atoms with van der Waals surface area (Å²) >= 11 is 0.